The Labute approximate surface area is 147 Å². The molecule has 0 atom stereocenters. The first-order valence-corrected chi connectivity index (χ1v) is 9.55. The summed E-state index contributed by atoms with van der Waals surface area (Å²) in [7, 11) is 0. The van der Waals surface area contributed by atoms with Crippen LogP contribution in [0.5, 0.6) is 0 Å². The van der Waals surface area contributed by atoms with Crippen LogP contribution in [0, 0.1) is 0 Å². The van der Waals surface area contributed by atoms with Crippen LogP contribution in [-0.4, -0.2) is 6.04 Å². The Morgan fingerprint density at radius 2 is 1.52 bits per heavy atom. The zero-order valence-electron chi connectivity index (χ0n) is 13.0. The quantitative estimate of drug-likeness (QED) is 0.316. The first-order valence-electron chi connectivity index (χ1n) is 8.00. The minimum atomic E-state index is 0.484. The number of rotatable bonds is 10. The molecule has 1 nitrogen and oxygen atoms in total. The lowest BCUT2D eigenvalue weighted by atomic mass is 10.0. The number of anilines is 1. The predicted molar refractivity (Wildman–Crippen MR) is 99.9 cm³/mol. The number of nitrogens with one attached hydrogen (secondary N) is 1. The van der Waals surface area contributed by atoms with Gasteiger partial charge < -0.3 is 5.32 Å². The molecular weight excluding hydrogens is 369 g/mol. The molecule has 1 rings (SSSR count). The average Bonchev–Trinajstić information content (AvgIpc) is 2.48. The Bertz CT molecular complexity index is 413. The van der Waals surface area contributed by atoms with Gasteiger partial charge in [0.2, 0.25) is 0 Å². The molecule has 0 aliphatic heterocycles. The van der Waals surface area contributed by atoms with Gasteiger partial charge in [0.15, 0.2) is 0 Å². The molecule has 0 spiro atoms. The summed E-state index contributed by atoms with van der Waals surface area (Å²) in [6.07, 6.45) is 10.0. The van der Waals surface area contributed by atoms with Crippen LogP contribution in [0.25, 0.3) is 0 Å². The van der Waals surface area contributed by atoms with E-state index in [1.54, 1.807) is 0 Å². The molecule has 21 heavy (non-hydrogen) atoms. The van der Waals surface area contributed by atoms with E-state index in [9.17, 15) is 0 Å². The van der Waals surface area contributed by atoms with Gasteiger partial charge in [0.1, 0.15) is 0 Å². The van der Waals surface area contributed by atoms with Crippen LogP contribution in [-0.2, 0) is 0 Å². The number of halogens is 3. The van der Waals surface area contributed by atoms with Gasteiger partial charge in [-0.3, -0.25) is 0 Å². The minimum absolute atomic E-state index is 0.484. The van der Waals surface area contributed by atoms with E-state index in [1.165, 1.54) is 51.4 Å². The van der Waals surface area contributed by atoms with Crippen molar-refractivity contribution in [3.63, 3.8) is 0 Å². The molecular formula is C17H26BrCl2N. The maximum Gasteiger partial charge on any atom is 0.0835 e. The van der Waals surface area contributed by atoms with E-state index >= 15 is 0 Å². The fourth-order valence-electron chi connectivity index (χ4n) is 2.43. The number of hydrogen-bond donors (Lipinski definition) is 1. The second-order valence-corrected chi connectivity index (χ2v) is 7.17. The topological polar surface area (TPSA) is 12.0 Å². The summed E-state index contributed by atoms with van der Waals surface area (Å²) in [4.78, 5) is 0. The molecule has 0 fully saturated rings. The molecule has 1 N–H and O–H groups in total. The Balaban J connectivity index is 2.67. The standard InChI is InChI=1S/C17H26BrCl2N/c1-3-5-7-9-13(10-8-6-4-2)21-15-12-11-14(18)16(19)17(15)20/h11-13,21H,3-10H2,1-2H3. The molecule has 0 heterocycles. The van der Waals surface area contributed by atoms with Crippen LogP contribution in [0.15, 0.2) is 16.6 Å². The van der Waals surface area contributed by atoms with E-state index in [4.69, 9.17) is 23.2 Å². The van der Waals surface area contributed by atoms with Crippen molar-refractivity contribution < 1.29 is 0 Å². The van der Waals surface area contributed by atoms with E-state index in [0.717, 1.165) is 10.2 Å². The zero-order valence-corrected chi connectivity index (χ0v) is 16.1. The highest BCUT2D eigenvalue weighted by molar-refractivity contribution is 9.10. The van der Waals surface area contributed by atoms with Crippen LogP contribution < -0.4 is 5.32 Å². The van der Waals surface area contributed by atoms with Gasteiger partial charge in [0, 0.05) is 10.5 Å². The molecule has 0 aliphatic rings. The van der Waals surface area contributed by atoms with E-state index in [-0.39, 0.29) is 0 Å². The van der Waals surface area contributed by atoms with Gasteiger partial charge in [-0.1, -0.05) is 75.6 Å². The van der Waals surface area contributed by atoms with E-state index in [2.05, 4.69) is 35.1 Å². The zero-order chi connectivity index (χ0) is 15.7. The molecule has 1 aromatic rings. The van der Waals surface area contributed by atoms with Crippen molar-refractivity contribution in [1.82, 2.24) is 0 Å². The lowest BCUT2D eigenvalue weighted by Crippen LogP contribution is -2.19. The van der Waals surface area contributed by atoms with E-state index < -0.39 is 0 Å². The fraction of sp³-hybridized carbons (Fsp3) is 0.647. The minimum Gasteiger partial charge on any atom is -0.381 e. The molecule has 120 valence electrons. The third-order valence-electron chi connectivity index (χ3n) is 3.71. The average molecular weight is 395 g/mol. The van der Waals surface area contributed by atoms with Crippen LogP contribution in [0.1, 0.15) is 65.2 Å². The van der Waals surface area contributed by atoms with Gasteiger partial charge in [-0.25, -0.2) is 0 Å². The third kappa shape index (κ3) is 6.80. The molecule has 0 saturated carbocycles. The second kappa shape index (κ2) is 10.7. The molecule has 4 heteroatoms. The van der Waals surface area contributed by atoms with Crippen molar-refractivity contribution in [3.05, 3.63) is 26.7 Å². The molecule has 1 aromatic carbocycles. The fourth-order valence-corrected chi connectivity index (χ4v) is 3.26. The summed E-state index contributed by atoms with van der Waals surface area (Å²) >= 11 is 15.9. The van der Waals surface area contributed by atoms with Gasteiger partial charge in [0.05, 0.1) is 15.7 Å². The summed E-state index contributed by atoms with van der Waals surface area (Å²) in [6.45, 7) is 4.48. The number of unbranched alkanes of at least 4 members (excludes halogenated alkanes) is 4. The van der Waals surface area contributed by atoms with Crippen LogP contribution >= 0.6 is 39.1 Å². The van der Waals surface area contributed by atoms with Gasteiger partial charge in [-0.05, 0) is 40.9 Å². The van der Waals surface area contributed by atoms with Gasteiger partial charge in [0.25, 0.3) is 0 Å². The smallest absolute Gasteiger partial charge is 0.0835 e. The van der Waals surface area contributed by atoms with E-state index in [1.807, 2.05) is 12.1 Å². The first kappa shape index (κ1) is 19.1. The van der Waals surface area contributed by atoms with Crippen LogP contribution in [0.3, 0.4) is 0 Å². The number of benzene rings is 1. The summed E-state index contributed by atoms with van der Waals surface area (Å²) < 4.78 is 0.841. The molecule has 0 aliphatic carbocycles. The summed E-state index contributed by atoms with van der Waals surface area (Å²) in [6, 6.07) is 4.44. The monoisotopic (exact) mass is 393 g/mol. The van der Waals surface area contributed by atoms with Gasteiger partial charge in [-0.15, -0.1) is 0 Å². The Morgan fingerprint density at radius 1 is 0.952 bits per heavy atom. The Kier molecular flexibility index (Phi) is 9.79. The van der Waals surface area contributed by atoms with Crippen LogP contribution in [0.2, 0.25) is 10.0 Å². The third-order valence-corrected chi connectivity index (χ3v) is 5.48. The maximum absolute atomic E-state index is 6.34. The molecule has 0 saturated heterocycles. The summed E-state index contributed by atoms with van der Waals surface area (Å²) in [5.41, 5.74) is 0.947. The SMILES string of the molecule is CCCCCC(CCCCC)Nc1ccc(Br)c(Cl)c1Cl. The van der Waals surface area contributed by atoms with Crippen molar-refractivity contribution in [2.24, 2.45) is 0 Å². The molecule has 0 unspecified atom stereocenters. The highest BCUT2D eigenvalue weighted by Gasteiger charge is 2.13. The van der Waals surface area contributed by atoms with Crippen molar-refractivity contribution in [2.75, 3.05) is 5.32 Å². The maximum atomic E-state index is 6.34. The predicted octanol–water partition coefficient (Wildman–Crippen LogP) is 7.70. The molecule has 0 radical (unpaired) electrons. The van der Waals surface area contributed by atoms with Crippen molar-refractivity contribution in [2.45, 2.75) is 71.3 Å². The lowest BCUT2D eigenvalue weighted by molar-refractivity contribution is 0.526. The molecule has 0 bridgehead atoms. The highest BCUT2D eigenvalue weighted by Crippen LogP contribution is 2.36. The first-order chi connectivity index (χ1) is 10.1. The van der Waals surface area contributed by atoms with Gasteiger partial charge in [-0.2, -0.15) is 0 Å². The largest absolute Gasteiger partial charge is 0.381 e. The van der Waals surface area contributed by atoms with Crippen molar-refractivity contribution in [3.8, 4) is 0 Å². The van der Waals surface area contributed by atoms with Crippen molar-refractivity contribution >= 4 is 44.8 Å². The van der Waals surface area contributed by atoms with Gasteiger partial charge >= 0.3 is 0 Å². The highest BCUT2D eigenvalue weighted by atomic mass is 79.9. The summed E-state index contributed by atoms with van der Waals surface area (Å²) in [5.74, 6) is 0. The Hall–Kier alpha value is 0.0800. The molecule has 0 aromatic heterocycles. The Morgan fingerprint density at radius 3 is 2.05 bits per heavy atom. The lowest BCUT2D eigenvalue weighted by Gasteiger charge is -2.21. The second-order valence-electron chi connectivity index (χ2n) is 5.56. The normalized spacial score (nSPS) is 11.1. The van der Waals surface area contributed by atoms with E-state index in [0.29, 0.717) is 16.1 Å². The molecule has 0 amide bonds. The van der Waals surface area contributed by atoms with Crippen molar-refractivity contribution in [1.29, 1.82) is 0 Å². The summed E-state index contributed by atoms with van der Waals surface area (Å²) in [5, 5.41) is 4.79. The van der Waals surface area contributed by atoms with Crippen LogP contribution in [0.4, 0.5) is 5.69 Å². The number of hydrogen-bond acceptors (Lipinski definition) is 1.